The molecule has 1 heterocycles. The van der Waals surface area contributed by atoms with E-state index in [-0.39, 0.29) is 11.4 Å². The lowest BCUT2D eigenvalue weighted by Gasteiger charge is -2.06. The lowest BCUT2D eigenvalue weighted by atomic mass is 10.2. The molecule has 0 aliphatic carbocycles. The van der Waals surface area contributed by atoms with E-state index in [4.69, 9.17) is 0 Å². The lowest BCUT2D eigenvalue weighted by molar-refractivity contribution is -0.110. The fraction of sp³-hybridized carbons (Fsp3) is 0.111. The van der Waals surface area contributed by atoms with Crippen LogP contribution in [0.2, 0.25) is 0 Å². The van der Waals surface area contributed by atoms with Gasteiger partial charge in [0.25, 0.3) is 5.91 Å². The van der Waals surface area contributed by atoms with E-state index in [1.807, 2.05) is 31.2 Å². The van der Waals surface area contributed by atoms with Crippen LogP contribution in [0.5, 0.6) is 0 Å². The maximum Gasteiger partial charge on any atom is 0.279 e. The summed E-state index contributed by atoms with van der Waals surface area (Å²) in [5.41, 5.74) is 5.48. The molecule has 3 N–H and O–H groups in total. The van der Waals surface area contributed by atoms with Crippen LogP contribution in [-0.4, -0.2) is 27.5 Å². The summed E-state index contributed by atoms with van der Waals surface area (Å²) in [6.07, 6.45) is 0. The Bertz CT molecular complexity index is 995. The van der Waals surface area contributed by atoms with Crippen LogP contribution in [-0.2, 0) is 4.79 Å². The number of para-hydroxylation sites is 1. The van der Waals surface area contributed by atoms with Crippen LogP contribution >= 0.6 is 11.3 Å². The van der Waals surface area contributed by atoms with Crippen molar-refractivity contribution in [1.29, 1.82) is 0 Å². The molecule has 0 saturated carbocycles. The number of thiazole rings is 1. The quantitative estimate of drug-likeness (QED) is 0.362. The third-order valence-electron chi connectivity index (χ3n) is 3.55. The molecule has 0 aliphatic heterocycles. The monoisotopic (exact) mass is 367 g/mol. The van der Waals surface area contributed by atoms with Crippen molar-refractivity contribution in [2.24, 2.45) is 10.3 Å². The van der Waals surface area contributed by atoms with Crippen molar-refractivity contribution in [2.75, 3.05) is 10.7 Å². The molecule has 0 fully saturated rings. The summed E-state index contributed by atoms with van der Waals surface area (Å²) < 4.78 is 1.04. The summed E-state index contributed by atoms with van der Waals surface area (Å²) in [5.74, 6) is -0.554. The van der Waals surface area contributed by atoms with Crippen molar-refractivity contribution >= 4 is 49.7 Å². The van der Waals surface area contributed by atoms with E-state index in [1.165, 1.54) is 11.3 Å². The van der Waals surface area contributed by atoms with Crippen molar-refractivity contribution in [3.8, 4) is 0 Å². The number of carbonyl (C=O) groups excluding carboxylic acids is 1. The highest BCUT2D eigenvalue weighted by Gasteiger charge is 2.16. The van der Waals surface area contributed by atoms with Crippen LogP contribution in [0.1, 0.15) is 12.5 Å². The van der Waals surface area contributed by atoms with E-state index in [2.05, 4.69) is 26.0 Å². The van der Waals surface area contributed by atoms with Gasteiger partial charge in [-0.3, -0.25) is 10.2 Å². The van der Waals surface area contributed by atoms with Gasteiger partial charge in [-0.25, -0.2) is 4.98 Å². The molecule has 2 aromatic carbocycles. The lowest BCUT2D eigenvalue weighted by Crippen LogP contribution is -2.29. The minimum Gasteiger partial charge on any atom is -0.410 e. The Morgan fingerprint density at radius 3 is 2.69 bits per heavy atom. The van der Waals surface area contributed by atoms with Crippen LogP contribution in [0.25, 0.3) is 10.2 Å². The second kappa shape index (κ2) is 7.75. The van der Waals surface area contributed by atoms with E-state index < -0.39 is 5.91 Å². The number of nitrogens with one attached hydrogen (secondary N) is 2. The van der Waals surface area contributed by atoms with Crippen LogP contribution in [0, 0.1) is 6.92 Å². The summed E-state index contributed by atoms with van der Waals surface area (Å²) in [5, 5.41) is 19.6. The van der Waals surface area contributed by atoms with Gasteiger partial charge in [-0.15, -0.1) is 0 Å². The fourth-order valence-corrected chi connectivity index (χ4v) is 3.16. The Morgan fingerprint density at radius 1 is 1.19 bits per heavy atom. The number of hydrogen-bond donors (Lipinski definition) is 3. The average molecular weight is 367 g/mol. The first-order valence-electron chi connectivity index (χ1n) is 7.83. The number of fused-ring (bicyclic) bond motifs is 1. The largest absolute Gasteiger partial charge is 0.410 e. The number of nitrogens with zero attached hydrogens (tertiary/aromatic N) is 3. The zero-order valence-electron chi connectivity index (χ0n) is 14.2. The highest BCUT2D eigenvalue weighted by molar-refractivity contribution is 7.22. The molecule has 1 amide bonds. The Balaban J connectivity index is 1.72. The highest BCUT2D eigenvalue weighted by atomic mass is 32.1. The standard InChI is InChI=1S/C18H17N5O2S/c1-11-8-9-14-15(10-11)26-18(20-14)22-21-12(2)16(23-25)17(24)19-13-6-4-3-5-7-13/h3-10,25H,1-2H3,(H,19,24)(H,20,22)/b21-12-,23-16+. The number of hydrogen-bond acceptors (Lipinski definition) is 7. The summed E-state index contributed by atoms with van der Waals surface area (Å²) in [7, 11) is 0. The molecule has 0 unspecified atom stereocenters. The Morgan fingerprint density at radius 2 is 1.96 bits per heavy atom. The summed E-state index contributed by atoms with van der Waals surface area (Å²) in [4.78, 5) is 16.7. The molecule has 26 heavy (non-hydrogen) atoms. The van der Waals surface area contributed by atoms with E-state index in [9.17, 15) is 10.0 Å². The SMILES string of the molecule is CC(=N/Nc1nc2ccc(C)cc2s1)/C(=N\O)C(=O)Nc1ccccc1. The number of benzene rings is 2. The van der Waals surface area contributed by atoms with Gasteiger partial charge >= 0.3 is 0 Å². The fourth-order valence-electron chi connectivity index (χ4n) is 2.26. The predicted molar refractivity (Wildman–Crippen MR) is 105 cm³/mol. The number of aromatic nitrogens is 1. The number of amides is 1. The Hall–Kier alpha value is -3.26. The third kappa shape index (κ3) is 4.04. The maximum absolute atomic E-state index is 12.3. The molecule has 0 saturated heterocycles. The van der Waals surface area contributed by atoms with E-state index >= 15 is 0 Å². The molecule has 0 radical (unpaired) electrons. The third-order valence-corrected chi connectivity index (χ3v) is 4.48. The molecule has 0 bridgehead atoms. The Kier molecular flexibility index (Phi) is 5.23. The predicted octanol–water partition coefficient (Wildman–Crippen LogP) is 3.86. The zero-order chi connectivity index (χ0) is 18.5. The first kappa shape index (κ1) is 17.6. The molecule has 0 atom stereocenters. The molecule has 7 nitrogen and oxygen atoms in total. The van der Waals surface area contributed by atoms with Gasteiger partial charge in [-0.05, 0) is 43.7 Å². The van der Waals surface area contributed by atoms with Crippen molar-refractivity contribution in [2.45, 2.75) is 13.8 Å². The molecular formula is C18H17N5O2S. The van der Waals surface area contributed by atoms with E-state index in [0.29, 0.717) is 10.8 Å². The summed E-state index contributed by atoms with van der Waals surface area (Å²) in [6, 6.07) is 14.9. The van der Waals surface area contributed by atoms with E-state index in [0.717, 1.165) is 15.8 Å². The molecule has 0 aliphatic rings. The average Bonchev–Trinajstić information content (AvgIpc) is 3.03. The van der Waals surface area contributed by atoms with Gasteiger partial charge in [0.15, 0.2) is 5.71 Å². The van der Waals surface area contributed by atoms with Crippen molar-refractivity contribution in [1.82, 2.24) is 4.98 Å². The normalized spacial score (nSPS) is 12.2. The highest BCUT2D eigenvalue weighted by Crippen LogP contribution is 2.26. The number of anilines is 2. The molecule has 8 heteroatoms. The van der Waals surface area contributed by atoms with Crippen LogP contribution in [0.3, 0.4) is 0 Å². The molecule has 0 spiro atoms. The number of hydrazone groups is 1. The minimum absolute atomic E-state index is 0.182. The molecule has 1 aromatic heterocycles. The molecular weight excluding hydrogens is 350 g/mol. The number of oxime groups is 1. The van der Waals surface area contributed by atoms with Gasteiger partial charge in [-0.1, -0.05) is 40.8 Å². The second-order valence-electron chi connectivity index (χ2n) is 5.57. The zero-order valence-corrected chi connectivity index (χ0v) is 15.0. The topological polar surface area (TPSA) is 99.0 Å². The summed E-state index contributed by atoms with van der Waals surface area (Å²) >= 11 is 1.45. The smallest absolute Gasteiger partial charge is 0.279 e. The van der Waals surface area contributed by atoms with Crippen molar-refractivity contribution in [3.05, 3.63) is 54.1 Å². The van der Waals surface area contributed by atoms with Gasteiger partial charge in [0.1, 0.15) is 0 Å². The van der Waals surface area contributed by atoms with Crippen LogP contribution in [0.4, 0.5) is 10.8 Å². The maximum atomic E-state index is 12.3. The minimum atomic E-state index is -0.554. The second-order valence-corrected chi connectivity index (χ2v) is 6.60. The van der Waals surface area contributed by atoms with Gasteiger partial charge < -0.3 is 10.5 Å². The van der Waals surface area contributed by atoms with Gasteiger partial charge in [-0.2, -0.15) is 5.10 Å². The summed E-state index contributed by atoms with van der Waals surface area (Å²) in [6.45, 7) is 3.59. The first-order chi connectivity index (χ1) is 12.6. The number of rotatable bonds is 5. The van der Waals surface area contributed by atoms with Crippen molar-refractivity contribution < 1.29 is 10.0 Å². The van der Waals surface area contributed by atoms with Gasteiger partial charge in [0.05, 0.1) is 15.9 Å². The van der Waals surface area contributed by atoms with Crippen molar-refractivity contribution in [3.63, 3.8) is 0 Å². The van der Waals surface area contributed by atoms with Gasteiger partial charge in [0, 0.05) is 5.69 Å². The van der Waals surface area contributed by atoms with Crippen LogP contribution in [0.15, 0.2) is 58.8 Å². The van der Waals surface area contributed by atoms with Crippen LogP contribution < -0.4 is 10.7 Å². The molecule has 3 rings (SSSR count). The van der Waals surface area contributed by atoms with Gasteiger partial charge in [0.2, 0.25) is 5.13 Å². The Labute approximate surface area is 154 Å². The number of carbonyl (C=O) groups is 1. The van der Waals surface area contributed by atoms with E-state index in [1.54, 1.807) is 31.2 Å². The first-order valence-corrected chi connectivity index (χ1v) is 8.65. The molecule has 132 valence electrons. The number of aryl methyl sites for hydroxylation is 1. The molecule has 3 aromatic rings.